The summed E-state index contributed by atoms with van der Waals surface area (Å²) in [5.41, 5.74) is 0.786. The van der Waals surface area contributed by atoms with Crippen LogP contribution in [-0.4, -0.2) is 32.0 Å². The number of methoxy groups -OCH3 is 1. The van der Waals surface area contributed by atoms with Gasteiger partial charge in [0.2, 0.25) is 0 Å². The number of hydrogen-bond donors (Lipinski definition) is 0. The maximum Gasteiger partial charge on any atom is 0.316 e. The van der Waals surface area contributed by atoms with Gasteiger partial charge in [-0.25, -0.2) is 0 Å². The van der Waals surface area contributed by atoms with Crippen LogP contribution >= 0.6 is 23.2 Å². The highest BCUT2D eigenvalue weighted by Gasteiger charge is 2.33. The van der Waals surface area contributed by atoms with Crippen molar-refractivity contribution in [1.29, 1.82) is 0 Å². The number of halogens is 2. The van der Waals surface area contributed by atoms with E-state index < -0.39 is 11.9 Å². The number of carbonyl (C=O) groups is 2. The van der Waals surface area contributed by atoms with Crippen LogP contribution < -0.4 is 4.90 Å². The van der Waals surface area contributed by atoms with Crippen molar-refractivity contribution < 1.29 is 14.3 Å². The maximum absolute atomic E-state index is 11.9. The first-order valence-electron chi connectivity index (χ1n) is 5.83. The lowest BCUT2D eigenvalue weighted by Gasteiger charge is -2.31. The smallest absolute Gasteiger partial charge is 0.316 e. The van der Waals surface area contributed by atoms with Gasteiger partial charge in [-0.1, -0.05) is 23.2 Å². The van der Waals surface area contributed by atoms with Crippen LogP contribution in [0.3, 0.4) is 0 Å². The van der Waals surface area contributed by atoms with Gasteiger partial charge in [0.25, 0.3) is 0 Å². The molecule has 102 valence electrons. The van der Waals surface area contributed by atoms with E-state index in [1.807, 2.05) is 4.90 Å². The molecular formula is C13H13Cl2NO3. The Kier molecular flexibility index (Phi) is 4.32. The summed E-state index contributed by atoms with van der Waals surface area (Å²) < 4.78 is 4.62. The van der Waals surface area contributed by atoms with Crippen molar-refractivity contribution in [3.63, 3.8) is 0 Å². The third-order valence-electron chi connectivity index (χ3n) is 3.12. The van der Waals surface area contributed by atoms with Crippen LogP contribution in [0.5, 0.6) is 0 Å². The van der Waals surface area contributed by atoms with Crippen LogP contribution in [0, 0.1) is 5.92 Å². The van der Waals surface area contributed by atoms with Gasteiger partial charge in [-0.2, -0.15) is 0 Å². The second-order valence-corrected chi connectivity index (χ2v) is 5.25. The van der Waals surface area contributed by atoms with E-state index in [9.17, 15) is 9.59 Å². The van der Waals surface area contributed by atoms with E-state index in [-0.39, 0.29) is 12.3 Å². The molecule has 1 aromatic rings. The van der Waals surface area contributed by atoms with Gasteiger partial charge >= 0.3 is 5.97 Å². The SMILES string of the molecule is COC(=O)C1CCN(c2cc(Cl)cc(Cl)c2)CC1=O. The summed E-state index contributed by atoms with van der Waals surface area (Å²) in [7, 11) is 1.29. The summed E-state index contributed by atoms with van der Waals surface area (Å²) in [5.74, 6) is -1.26. The predicted molar refractivity (Wildman–Crippen MR) is 73.8 cm³/mol. The lowest BCUT2D eigenvalue weighted by Crippen LogP contribution is -2.44. The van der Waals surface area contributed by atoms with Gasteiger partial charge in [-0.15, -0.1) is 0 Å². The number of anilines is 1. The highest BCUT2D eigenvalue weighted by atomic mass is 35.5. The third kappa shape index (κ3) is 3.19. The third-order valence-corrected chi connectivity index (χ3v) is 3.56. The van der Waals surface area contributed by atoms with Crippen molar-refractivity contribution in [3.8, 4) is 0 Å². The topological polar surface area (TPSA) is 46.6 Å². The van der Waals surface area contributed by atoms with Crippen molar-refractivity contribution in [1.82, 2.24) is 0 Å². The average Bonchev–Trinajstić information content (AvgIpc) is 2.36. The quantitative estimate of drug-likeness (QED) is 0.622. The number of Topliss-reactive ketones (excluding diaryl/α,β-unsaturated/α-hetero) is 1. The molecule has 1 unspecified atom stereocenters. The molecule has 0 saturated carbocycles. The van der Waals surface area contributed by atoms with E-state index in [4.69, 9.17) is 23.2 Å². The fourth-order valence-corrected chi connectivity index (χ4v) is 2.67. The van der Waals surface area contributed by atoms with Crippen molar-refractivity contribution >= 4 is 40.6 Å². The number of ketones is 1. The molecule has 1 aromatic carbocycles. The van der Waals surface area contributed by atoms with Crippen LogP contribution in [0.4, 0.5) is 5.69 Å². The predicted octanol–water partition coefficient (Wildman–Crippen LogP) is 2.56. The van der Waals surface area contributed by atoms with Crippen LogP contribution in [0.1, 0.15) is 6.42 Å². The van der Waals surface area contributed by atoms with Crippen LogP contribution in [0.15, 0.2) is 18.2 Å². The zero-order valence-corrected chi connectivity index (χ0v) is 11.9. The summed E-state index contributed by atoms with van der Waals surface area (Å²) in [6.07, 6.45) is 0.440. The first kappa shape index (κ1) is 14.2. The Labute approximate surface area is 121 Å². The zero-order chi connectivity index (χ0) is 14.0. The molecular weight excluding hydrogens is 289 g/mol. The molecule has 1 atom stereocenters. The van der Waals surface area contributed by atoms with Gasteiger partial charge < -0.3 is 9.64 Å². The molecule has 0 aromatic heterocycles. The molecule has 6 heteroatoms. The van der Waals surface area contributed by atoms with Gasteiger partial charge in [-0.05, 0) is 24.6 Å². The van der Waals surface area contributed by atoms with E-state index >= 15 is 0 Å². The summed E-state index contributed by atoms with van der Waals surface area (Å²) in [6, 6.07) is 5.13. The number of carbonyl (C=O) groups excluding carboxylic acids is 2. The van der Waals surface area contributed by atoms with Gasteiger partial charge in [0.15, 0.2) is 5.78 Å². The van der Waals surface area contributed by atoms with Gasteiger partial charge in [0.1, 0.15) is 5.92 Å². The maximum atomic E-state index is 11.9. The van der Waals surface area contributed by atoms with Gasteiger partial charge in [-0.3, -0.25) is 9.59 Å². The van der Waals surface area contributed by atoms with E-state index in [0.29, 0.717) is 23.0 Å². The Bertz CT molecular complexity index is 498. The van der Waals surface area contributed by atoms with Crippen LogP contribution in [0.25, 0.3) is 0 Å². The Balaban J connectivity index is 2.13. The second kappa shape index (κ2) is 5.80. The van der Waals surface area contributed by atoms with Gasteiger partial charge in [0.05, 0.1) is 13.7 Å². The molecule has 1 saturated heterocycles. The first-order chi connectivity index (χ1) is 9.01. The zero-order valence-electron chi connectivity index (χ0n) is 10.4. The second-order valence-electron chi connectivity index (χ2n) is 4.38. The highest BCUT2D eigenvalue weighted by Crippen LogP contribution is 2.28. The molecule has 1 aliphatic rings. The van der Waals surface area contributed by atoms with E-state index in [0.717, 1.165) is 5.69 Å². The summed E-state index contributed by atoms with van der Waals surface area (Å²) in [4.78, 5) is 25.2. The summed E-state index contributed by atoms with van der Waals surface area (Å²) in [5, 5.41) is 1.04. The molecule has 0 aliphatic carbocycles. The minimum Gasteiger partial charge on any atom is -0.468 e. The number of esters is 1. The molecule has 0 amide bonds. The molecule has 1 aliphatic heterocycles. The molecule has 0 radical (unpaired) electrons. The normalized spacial score (nSPS) is 19.4. The van der Waals surface area contributed by atoms with Crippen molar-refractivity contribution in [2.75, 3.05) is 25.1 Å². The molecule has 1 heterocycles. The summed E-state index contributed by atoms with van der Waals surface area (Å²) in [6.45, 7) is 0.749. The monoisotopic (exact) mass is 301 g/mol. The fraction of sp³-hybridized carbons (Fsp3) is 0.385. The van der Waals surface area contributed by atoms with Gasteiger partial charge in [0, 0.05) is 22.3 Å². The molecule has 0 spiro atoms. The lowest BCUT2D eigenvalue weighted by molar-refractivity contribution is -0.149. The largest absolute Gasteiger partial charge is 0.468 e. The van der Waals surface area contributed by atoms with Crippen molar-refractivity contribution in [2.45, 2.75) is 6.42 Å². The highest BCUT2D eigenvalue weighted by molar-refractivity contribution is 6.35. The first-order valence-corrected chi connectivity index (χ1v) is 6.58. The number of rotatable bonds is 2. The molecule has 19 heavy (non-hydrogen) atoms. The Morgan fingerprint density at radius 2 is 1.95 bits per heavy atom. The number of ether oxygens (including phenoxy) is 1. The minimum atomic E-state index is -0.657. The minimum absolute atomic E-state index is 0.144. The fourth-order valence-electron chi connectivity index (χ4n) is 2.16. The number of nitrogens with zero attached hydrogens (tertiary/aromatic N) is 1. The number of piperidine rings is 1. The van der Waals surface area contributed by atoms with Crippen LogP contribution in [-0.2, 0) is 14.3 Å². The molecule has 0 N–H and O–H groups in total. The number of hydrogen-bond acceptors (Lipinski definition) is 4. The lowest BCUT2D eigenvalue weighted by atomic mass is 9.95. The van der Waals surface area contributed by atoms with E-state index in [1.165, 1.54) is 7.11 Å². The van der Waals surface area contributed by atoms with Crippen molar-refractivity contribution in [2.24, 2.45) is 5.92 Å². The average molecular weight is 302 g/mol. The molecule has 2 rings (SSSR count). The van der Waals surface area contributed by atoms with E-state index in [2.05, 4.69) is 4.74 Å². The number of benzene rings is 1. The summed E-state index contributed by atoms with van der Waals surface area (Å²) >= 11 is 11.9. The van der Waals surface area contributed by atoms with Crippen molar-refractivity contribution in [3.05, 3.63) is 28.2 Å². The standard InChI is InChI=1S/C13H13Cl2NO3/c1-19-13(18)11-2-3-16(7-12(11)17)10-5-8(14)4-9(15)6-10/h4-6,11H,2-3,7H2,1H3. The molecule has 0 bridgehead atoms. The molecule has 4 nitrogen and oxygen atoms in total. The van der Waals surface area contributed by atoms with E-state index in [1.54, 1.807) is 18.2 Å². The van der Waals surface area contributed by atoms with Crippen LogP contribution in [0.2, 0.25) is 10.0 Å². The Morgan fingerprint density at radius 3 is 2.47 bits per heavy atom. The molecule has 1 fully saturated rings. The Hall–Kier alpha value is -1.26. The Morgan fingerprint density at radius 1 is 1.32 bits per heavy atom.